The lowest BCUT2D eigenvalue weighted by Crippen LogP contribution is -2.29. The molecule has 0 aromatic heterocycles. The molecule has 0 saturated carbocycles. The molecule has 1 unspecified atom stereocenters. The second-order valence-electron chi connectivity index (χ2n) is 4.47. The van der Waals surface area contributed by atoms with Crippen molar-refractivity contribution in [1.82, 2.24) is 5.32 Å². The number of thioether (sulfide) groups is 1. The minimum Gasteiger partial charge on any atom is -0.387 e. The number of benzene rings is 2. The summed E-state index contributed by atoms with van der Waals surface area (Å²) in [6.07, 6.45) is -0.685. The van der Waals surface area contributed by atoms with Crippen LogP contribution in [0.5, 0.6) is 0 Å². The molecule has 21 heavy (non-hydrogen) atoms. The molecule has 0 aliphatic rings. The second kappa shape index (κ2) is 8.08. The first kappa shape index (κ1) is 15.9. The Kier molecular flexibility index (Phi) is 6.11. The Labute approximate surface area is 133 Å². The Balaban J connectivity index is 1.73. The van der Waals surface area contributed by atoms with Gasteiger partial charge in [0.2, 0.25) is 5.91 Å². The Morgan fingerprint density at radius 1 is 1.14 bits per heavy atom. The van der Waals surface area contributed by atoms with Crippen LogP contribution in [-0.4, -0.2) is 23.3 Å². The second-order valence-corrected chi connectivity index (χ2v) is 5.96. The van der Waals surface area contributed by atoms with E-state index in [-0.39, 0.29) is 12.5 Å². The normalized spacial score (nSPS) is 11.9. The summed E-state index contributed by atoms with van der Waals surface area (Å²) in [6, 6.07) is 16.6. The molecule has 2 aromatic carbocycles. The molecular formula is C16H16ClNO2S. The van der Waals surface area contributed by atoms with Gasteiger partial charge in [0, 0.05) is 16.5 Å². The zero-order valence-corrected chi connectivity index (χ0v) is 12.9. The number of rotatable bonds is 6. The highest BCUT2D eigenvalue weighted by Crippen LogP contribution is 2.20. The van der Waals surface area contributed by atoms with Crippen LogP contribution < -0.4 is 5.32 Å². The lowest BCUT2D eigenvalue weighted by Gasteiger charge is -2.12. The van der Waals surface area contributed by atoms with Gasteiger partial charge in [-0.15, -0.1) is 11.8 Å². The zero-order valence-electron chi connectivity index (χ0n) is 11.3. The van der Waals surface area contributed by atoms with Gasteiger partial charge in [0.25, 0.3) is 0 Å². The third-order valence-corrected chi connectivity index (χ3v) is 4.12. The van der Waals surface area contributed by atoms with Crippen LogP contribution in [0, 0.1) is 0 Å². The van der Waals surface area contributed by atoms with Crippen LogP contribution in [0.4, 0.5) is 0 Å². The molecular weight excluding hydrogens is 306 g/mol. The average molecular weight is 322 g/mol. The fourth-order valence-electron chi connectivity index (χ4n) is 1.73. The smallest absolute Gasteiger partial charge is 0.230 e. The number of amides is 1. The highest BCUT2D eigenvalue weighted by atomic mass is 35.5. The summed E-state index contributed by atoms with van der Waals surface area (Å²) < 4.78 is 0. The molecule has 0 radical (unpaired) electrons. The predicted octanol–water partition coefficient (Wildman–Crippen LogP) is 3.28. The lowest BCUT2D eigenvalue weighted by atomic mass is 10.1. The van der Waals surface area contributed by atoms with E-state index in [0.717, 1.165) is 10.5 Å². The molecule has 1 atom stereocenters. The van der Waals surface area contributed by atoms with Gasteiger partial charge in [-0.2, -0.15) is 0 Å². The van der Waals surface area contributed by atoms with Gasteiger partial charge in [-0.1, -0.05) is 41.9 Å². The van der Waals surface area contributed by atoms with E-state index in [4.69, 9.17) is 11.6 Å². The molecule has 0 aliphatic carbocycles. The number of hydrogen-bond acceptors (Lipinski definition) is 3. The van der Waals surface area contributed by atoms with Crippen LogP contribution in [0.1, 0.15) is 11.7 Å². The fourth-order valence-corrected chi connectivity index (χ4v) is 2.59. The van der Waals surface area contributed by atoms with Gasteiger partial charge in [-0.3, -0.25) is 4.79 Å². The maximum atomic E-state index is 11.7. The maximum absolute atomic E-state index is 11.7. The van der Waals surface area contributed by atoms with Crippen LogP contribution in [0.25, 0.3) is 0 Å². The highest BCUT2D eigenvalue weighted by molar-refractivity contribution is 8.00. The first-order chi connectivity index (χ1) is 10.1. The number of nitrogens with one attached hydrogen (secondary N) is 1. The van der Waals surface area contributed by atoms with E-state index in [0.29, 0.717) is 10.8 Å². The van der Waals surface area contributed by atoms with E-state index in [1.165, 1.54) is 11.8 Å². The third-order valence-electron chi connectivity index (χ3n) is 2.86. The monoisotopic (exact) mass is 321 g/mol. The molecule has 0 spiro atoms. The van der Waals surface area contributed by atoms with E-state index in [2.05, 4.69) is 5.32 Å². The van der Waals surface area contributed by atoms with Gasteiger partial charge < -0.3 is 10.4 Å². The number of hydrogen-bond donors (Lipinski definition) is 2. The van der Waals surface area contributed by atoms with Crippen LogP contribution in [0.2, 0.25) is 5.02 Å². The summed E-state index contributed by atoms with van der Waals surface area (Å²) in [4.78, 5) is 12.7. The van der Waals surface area contributed by atoms with E-state index >= 15 is 0 Å². The quantitative estimate of drug-likeness (QED) is 0.803. The van der Waals surface area contributed by atoms with Gasteiger partial charge in [-0.25, -0.2) is 0 Å². The van der Waals surface area contributed by atoms with Gasteiger partial charge >= 0.3 is 0 Å². The maximum Gasteiger partial charge on any atom is 0.230 e. The van der Waals surface area contributed by atoms with Crippen molar-refractivity contribution in [3.63, 3.8) is 0 Å². The van der Waals surface area contributed by atoms with E-state index in [1.54, 1.807) is 12.1 Å². The lowest BCUT2D eigenvalue weighted by molar-refractivity contribution is -0.119. The molecule has 0 bridgehead atoms. The Hall–Kier alpha value is -1.49. The summed E-state index contributed by atoms with van der Waals surface area (Å²) in [5.41, 5.74) is 0.795. The minimum absolute atomic E-state index is 0.107. The number of aliphatic hydroxyl groups excluding tert-OH is 1. The van der Waals surface area contributed by atoms with E-state index in [1.807, 2.05) is 42.5 Å². The van der Waals surface area contributed by atoms with Crippen molar-refractivity contribution < 1.29 is 9.90 Å². The van der Waals surface area contributed by atoms with Crippen molar-refractivity contribution in [2.24, 2.45) is 0 Å². The minimum atomic E-state index is -0.685. The fraction of sp³-hybridized carbons (Fsp3) is 0.188. The predicted molar refractivity (Wildman–Crippen MR) is 86.6 cm³/mol. The summed E-state index contributed by atoms with van der Waals surface area (Å²) in [5.74, 6) is 0.202. The van der Waals surface area contributed by atoms with Crippen molar-refractivity contribution >= 4 is 29.3 Å². The van der Waals surface area contributed by atoms with Gasteiger partial charge in [0.05, 0.1) is 11.9 Å². The Morgan fingerprint density at radius 3 is 2.48 bits per heavy atom. The molecule has 0 aliphatic heterocycles. The summed E-state index contributed by atoms with van der Waals surface area (Å²) in [6.45, 7) is 0.212. The highest BCUT2D eigenvalue weighted by Gasteiger charge is 2.09. The molecule has 2 N–H and O–H groups in total. The van der Waals surface area contributed by atoms with Crippen molar-refractivity contribution in [3.8, 4) is 0 Å². The van der Waals surface area contributed by atoms with Crippen LogP contribution in [0.15, 0.2) is 59.5 Å². The Bertz CT molecular complexity index is 575. The molecule has 0 heterocycles. The van der Waals surface area contributed by atoms with Crippen molar-refractivity contribution in [2.45, 2.75) is 11.0 Å². The molecule has 0 fully saturated rings. The van der Waals surface area contributed by atoms with Crippen LogP contribution in [0.3, 0.4) is 0 Å². The van der Waals surface area contributed by atoms with Crippen molar-refractivity contribution in [1.29, 1.82) is 0 Å². The first-order valence-corrected chi connectivity index (χ1v) is 7.89. The standard InChI is InChI=1S/C16H16ClNO2S/c17-13-6-8-14(9-7-13)21-11-16(20)18-10-15(19)12-4-2-1-3-5-12/h1-9,15,19H,10-11H2,(H,18,20). The first-order valence-electron chi connectivity index (χ1n) is 6.53. The van der Waals surface area contributed by atoms with E-state index in [9.17, 15) is 9.90 Å². The summed E-state index contributed by atoms with van der Waals surface area (Å²) >= 11 is 7.23. The molecule has 5 heteroatoms. The topological polar surface area (TPSA) is 49.3 Å². The number of carbonyl (C=O) groups excluding carboxylic acids is 1. The molecule has 110 valence electrons. The molecule has 0 saturated heterocycles. The van der Waals surface area contributed by atoms with Crippen LogP contribution in [-0.2, 0) is 4.79 Å². The molecule has 3 nitrogen and oxygen atoms in total. The average Bonchev–Trinajstić information content (AvgIpc) is 2.53. The molecule has 2 rings (SSSR count). The third kappa shape index (κ3) is 5.42. The van der Waals surface area contributed by atoms with Gasteiger partial charge in [0.15, 0.2) is 0 Å². The zero-order chi connectivity index (χ0) is 15.1. The Morgan fingerprint density at radius 2 is 1.81 bits per heavy atom. The molecule has 2 aromatic rings. The largest absolute Gasteiger partial charge is 0.387 e. The van der Waals surface area contributed by atoms with Crippen molar-refractivity contribution in [2.75, 3.05) is 12.3 Å². The van der Waals surface area contributed by atoms with Crippen LogP contribution >= 0.6 is 23.4 Å². The summed E-state index contributed by atoms with van der Waals surface area (Å²) in [7, 11) is 0. The SMILES string of the molecule is O=C(CSc1ccc(Cl)cc1)NCC(O)c1ccccc1. The van der Waals surface area contributed by atoms with Gasteiger partial charge in [-0.05, 0) is 29.8 Å². The summed E-state index contributed by atoms with van der Waals surface area (Å²) in [5, 5.41) is 13.4. The number of carbonyl (C=O) groups is 1. The van der Waals surface area contributed by atoms with E-state index < -0.39 is 6.10 Å². The number of aliphatic hydroxyl groups is 1. The molecule has 1 amide bonds. The van der Waals surface area contributed by atoms with Crippen molar-refractivity contribution in [3.05, 3.63) is 65.2 Å². The van der Waals surface area contributed by atoms with Gasteiger partial charge in [0.1, 0.15) is 0 Å². The number of halogens is 1.